The Kier molecular flexibility index (Phi) is 10.2. The van der Waals surface area contributed by atoms with Crippen molar-refractivity contribution in [2.24, 2.45) is 5.10 Å². The van der Waals surface area contributed by atoms with E-state index in [0.717, 1.165) is 0 Å². The maximum Gasteiger partial charge on any atom is 0.262 e. The second kappa shape index (κ2) is 13.4. The van der Waals surface area contributed by atoms with E-state index in [0.29, 0.717) is 35.9 Å². The van der Waals surface area contributed by atoms with Crippen molar-refractivity contribution in [2.75, 3.05) is 39.3 Å². The normalized spacial score (nSPS) is 10.4. The molecule has 0 aliphatic carbocycles. The summed E-state index contributed by atoms with van der Waals surface area (Å²) in [4.78, 5) is 35.3. The van der Waals surface area contributed by atoms with Crippen LogP contribution in [0.2, 0.25) is 0 Å². The Morgan fingerprint density at radius 1 is 0.969 bits per heavy atom. The van der Waals surface area contributed by atoms with Gasteiger partial charge in [-0.15, -0.1) is 0 Å². The molecule has 2 rings (SSSR count). The van der Waals surface area contributed by atoms with Crippen LogP contribution >= 0.6 is 0 Å². The third-order valence-electron chi connectivity index (χ3n) is 3.98. The number of para-hydroxylation sites is 2. The van der Waals surface area contributed by atoms with Crippen molar-refractivity contribution in [3.63, 3.8) is 0 Å². The van der Waals surface area contributed by atoms with Crippen LogP contribution in [0.4, 0.5) is 5.69 Å². The monoisotopic (exact) mass is 442 g/mol. The predicted octanol–water partition coefficient (Wildman–Crippen LogP) is 1.32. The number of anilines is 1. The fraction of sp³-hybridized carbons (Fsp3) is 0.273. The van der Waals surface area contributed by atoms with Gasteiger partial charge in [0.25, 0.3) is 5.91 Å². The topological polar surface area (TPSA) is 127 Å². The van der Waals surface area contributed by atoms with E-state index in [1.807, 2.05) is 6.07 Å². The maximum atomic E-state index is 12.1. The Hall–Kier alpha value is -3.92. The Bertz CT molecular complexity index is 930. The number of ether oxygens (including phenoxy) is 3. The van der Waals surface area contributed by atoms with Gasteiger partial charge in [0.1, 0.15) is 17.9 Å². The van der Waals surface area contributed by atoms with Crippen LogP contribution in [0, 0.1) is 0 Å². The minimum absolute atomic E-state index is 0.173. The van der Waals surface area contributed by atoms with E-state index in [2.05, 4.69) is 21.2 Å². The molecule has 3 amide bonds. The molecule has 10 heteroatoms. The highest BCUT2D eigenvalue weighted by molar-refractivity contribution is 5.97. The van der Waals surface area contributed by atoms with E-state index in [9.17, 15) is 14.4 Å². The van der Waals surface area contributed by atoms with Crippen molar-refractivity contribution in [1.82, 2.24) is 10.7 Å². The van der Waals surface area contributed by atoms with Crippen LogP contribution in [-0.2, 0) is 19.1 Å². The van der Waals surface area contributed by atoms with Gasteiger partial charge in [0.05, 0.1) is 25.6 Å². The Morgan fingerprint density at radius 2 is 1.72 bits per heavy atom. The lowest BCUT2D eigenvalue weighted by molar-refractivity contribution is -0.129. The van der Waals surface area contributed by atoms with E-state index in [4.69, 9.17) is 14.2 Å². The molecule has 170 valence electrons. The summed E-state index contributed by atoms with van der Waals surface area (Å²) < 4.78 is 15.5. The second-order valence-electron chi connectivity index (χ2n) is 6.42. The van der Waals surface area contributed by atoms with Gasteiger partial charge < -0.3 is 24.8 Å². The highest BCUT2D eigenvalue weighted by Gasteiger charge is 2.08. The molecule has 0 saturated carbocycles. The van der Waals surface area contributed by atoms with Crippen molar-refractivity contribution in [2.45, 2.75) is 6.42 Å². The predicted molar refractivity (Wildman–Crippen MR) is 119 cm³/mol. The highest BCUT2D eigenvalue weighted by atomic mass is 16.5. The number of carbonyl (C=O) groups is 3. The molecule has 0 radical (unpaired) electrons. The van der Waals surface area contributed by atoms with Crippen molar-refractivity contribution in [3.8, 4) is 11.5 Å². The first kappa shape index (κ1) is 24.4. The maximum absolute atomic E-state index is 12.1. The van der Waals surface area contributed by atoms with Gasteiger partial charge in [0, 0.05) is 13.7 Å². The van der Waals surface area contributed by atoms with E-state index in [1.165, 1.54) is 20.4 Å². The van der Waals surface area contributed by atoms with Crippen LogP contribution < -0.4 is 25.5 Å². The molecule has 0 spiro atoms. The summed E-state index contributed by atoms with van der Waals surface area (Å²) in [6.07, 6.45) is 1.10. The van der Waals surface area contributed by atoms with Crippen molar-refractivity contribution in [3.05, 3.63) is 54.1 Å². The molecule has 0 unspecified atom stereocenters. The molecule has 0 bridgehead atoms. The number of methoxy groups -OCH3 is 2. The van der Waals surface area contributed by atoms with E-state index in [-0.39, 0.29) is 18.9 Å². The number of hydrogen-bond acceptors (Lipinski definition) is 7. The van der Waals surface area contributed by atoms with Crippen molar-refractivity contribution in [1.29, 1.82) is 0 Å². The Morgan fingerprint density at radius 3 is 2.44 bits per heavy atom. The molecule has 3 N–H and O–H groups in total. The van der Waals surface area contributed by atoms with Gasteiger partial charge in [-0.1, -0.05) is 12.1 Å². The lowest BCUT2D eigenvalue weighted by Crippen LogP contribution is -2.31. The smallest absolute Gasteiger partial charge is 0.262 e. The summed E-state index contributed by atoms with van der Waals surface area (Å²) in [6, 6.07) is 13.8. The summed E-state index contributed by atoms with van der Waals surface area (Å²) >= 11 is 0. The summed E-state index contributed by atoms with van der Waals surface area (Å²) in [5.41, 5.74) is 3.54. The third kappa shape index (κ3) is 8.84. The molecular formula is C22H26N4O6. The van der Waals surface area contributed by atoms with Crippen LogP contribution in [0.3, 0.4) is 0 Å². The molecule has 0 aromatic heterocycles. The van der Waals surface area contributed by atoms with E-state index in [1.54, 1.807) is 42.5 Å². The molecule has 0 aliphatic heterocycles. The lowest BCUT2D eigenvalue weighted by Gasteiger charge is -2.10. The zero-order valence-electron chi connectivity index (χ0n) is 17.9. The largest absolute Gasteiger partial charge is 0.495 e. The molecule has 32 heavy (non-hydrogen) atoms. The van der Waals surface area contributed by atoms with Crippen LogP contribution in [0.1, 0.15) is 12.0 Å². The average molecular weight is 442 g/mol. The van der Waals surface area contributed by atoms with Gasteiger partial charge in [-0.3, -0.25) is 14.4 Å². The first-order valence-electron chi connectivity index (χ1n) is 9.75. The summed E-state index contributed by atoms with van der Waals surface area (Å²) in [5.74, 6) is -0.213. The number of rotatable bonds is 12. The number of hydrazone groups is 1. The standard InChI is InChI=1S/C22H26N4O6/c1-30-12-11-23-20(27)13-21(28)26-24-14-16-7-9-17(10-8-16)32-15-22(29)25-18-5-3-4-6-19(18)31-2/h3-10,14H,11-13,15H2,1-2H3,(H,23,27)(H,25,29)(H,26,28)/b24-14+. The van der Waals surface area contributed by atoms with Gasteiger partial charge in [-0.05, 0) is 42.0 Å². The van der Waals surface area contributed by atoms with Crippen molar-refractivity contribution < 1.29 is 28.6 Å². The Labute approximate surface area is 185 Å². The summed E-state index contributed by atoms with van der Waals surface area (Å²) in [7, 11) is 3.05. The molecule has 0 heterocycles. The van der Waals surface area contributed by atoms with Crippen LogP contribution in [0.5, 0.6) is 11.5 Å². The number of hydrogen-bond donors (Lipinski definition) is 3. The lowest BCUT2D eigenvalue weighted by atomic mass is 10.2. The van der Waals surface area contributed by atoms with Gasteiger partial charge in [-0.2, -0.15) is 5.10 Å². The summed E-state index contributed by atoms with van der Waals surface area (Å²) in [5, 5.41) is 9.08. The third-order valence-corrected chi connectivity index (χ3v) is 3.98. The van der Waals surface area contributed by atoms with Gasteiger partial charge in [0.15, 0.2) is 6.61 Å². The van der Waals surface area contributed by atoms with Gasteiger partial charge in [0.2, 0.25) is 11.8 Å². The van der Waals surface area contributed by atoms with Gasteiger partial charge in [-0.25, -0.2) is 5.43 Å². The minimum Gasteiger partial charge on any atom is -0.495 e. The van der Waals surface area contributed by atoms with Crippen LogP contribution in [0.15, 0.2) is 53.6 Å². The first-order valence-corrected chi connectivity index (χ1v) is 9.75. The van der Waals surface area contributed by atoms with Crippen molar-refractivity contribution >= 4 is 29.6 Å². The number of amides is 3. The summed E-state index contributed by atoms with van der Waals surface area (Å²) in [6.45, 7) is 0.536. The van der Waals surface area contributed by atoms with Gasteiger partial charge >= 0.3 is 0 Å². The number of nitrogens with zero attached hydrogens (tertiary/aromatic N) is 1. The molecule has 10 nitrogen and oxygen atoms in total. The fourth-order valence-corrected chi connectivity index (χ4v) is 2.45. The zero-order valence-corrected chi connectivity index (χ0v) is 17.9. The highest BCUT2D eigenvalue weighted by Crippen LogP contribution is 2.22. The Balaban J connectivity index is 1.74. The number of carbonyl (C=O) groups excluding carboxylic acids is 3. The van der Waals surface area contributed by atoms with E-state index < -0.39 is 11.8 Å². The molecule has 0 atom stereocenters. The zero-order chi connectivity index (χ0) is 23.2. The molecular weight excluding hydrogens is 416 g/mol. The second-order valence-corrected chi connectivity index (χ2v) is 6.42. The number of benzene rings is 2. The fourth-order valence-electron chi connectivity index (χ4n) is 2.45. The first-order chi connectivity index (χ1) is 15.5. The molecule has 0 aliphatic rings. The molecule has 0 fully saturated rings. The average Bonchev–Trinajstić information content (AvgIpc) is 2.79. The number of nitrogens with one attached hydrogen (secondary N) is 3. The molecule has 0 saturated heterocycles. The minimum atomic E-state index is -0.530. The van der Waals surface area contributed by atoms with Crippen LogP contribution in [-0.4, -0.2) is 57.9 Å². The molecule has 2 aromatic rings. The van der Waals surface area contributed by atoms with Crippen LogP contribution in [0.25, 0.3) is 0 Å². The quantitative estimate of drug-likeness (QED) is 0.197. The van der Waals surface area contributed by atoms with E-state index >= 15 is 0 Å². The molecule has 2 aromatic carbocycles. The SMILES string of the molecule is COCCNC(=O)CC(=O)N/N=C/c1ccc(OCC(=O)Nc2ccccc2OC)cc1.